The van der Waals surface area contributed by atoms with Crippen molar-refractivity contribution in [1.82, 2.24) is 15.2 Å². The molecule has 7 heteroatoms. The Morgan fingerprint density at radius 2 is 1.93 bits per heavy atom. The minimum Gasteiger partial charge on any atom is -0.369 e. The summed E-state index contributed by atoms with van der Waals surface area (Å²) in [6.45, 7) is 9.15. The molecular weight excluding hydrogens is 366 g/mol. The summed E-state index contributed by atoms with van der Waals surface area (Å²) in [5, 5.41) is 2.99. The second-order valence-electron chi connectivity index (χ2n) is 7.63. The van der Waals surface area contributed by atoms with Crippen molar-refractivity contribution in [2.45, 2.75) is 26.3 Å². The quantitative estimate of drug-likeness (QED) is 0.746. The number of hydrogen-bond acceptors (Lipinski definition) is 5. The minimum absolute atomic E-state index is 0.0492. The molecule has 2 amide bonds. The first-order valence-corrected chi connectivity index (χ1v) is 10.0. The minimum atomic E-state index is -0.604. The monoisotopic (exact) mass is 395 g/mol. The Balaban J connectivity index is 1.41. The maximum absolute atomic E-state index is 12.3. The van der Waals surface area contributed by atoms with Crippen LogP contribution >= 0.6 is 0 Å². The van der Waals surface area contributed by atoms with E-state index in [0.717, 1.165) is 39.1 Å². The van der Waals surface area contributed by atoms with Gasteiger partial charge in [0.2, 0.25) is 0 Å². The molecule has 1 aromatic heterocycles. The molecule has 1 aromatic carbocycles. The molecule has 0 spiro atoms. The van der Waals surface area contributed by atoms with Gasteiger partial charge in [0, 0.05) is 50.6 Å². The van der Waals surface area contributed by atoms with Crippen LogP contribution in [0.5, 0.6) is 0 Å². The molecule has 1 atom stereocenters. The molecule has 0 radical (unpaired) electrons. The third-order valence-electron chi connectivity index (χ3n) is 5.27. The number of nitrogens with zero attached hydrogens (tertiary/aromatic N) is 3. The van der Waals surface area contributed by atoms with Crippen LogP contribution < -0.4 is 16.0 Å². The summed E-state index contributed by atoms with van der Waals surface area (Å²) < 4.78 is 0. The van der Waals surface area contributed by atoms with Gasteiger partial charge in [-0.1, -0.05) is 12.1 Å². The number of pyridine rings is 1. The van der Waals surface area contributed by atoms with Gasteiger partial charge in [-0.2, -0.15) is 0 Å². The van der Waals surface area contributed by atoms with Gasteiger partial charge >= 0.3 is 0 Å². The van der Waals surface area contributed by atoms with Gasteiger partial charge in [-0.3, -0.25) is 19.5 Å². The molecule has 2 aromatic rings. The van der Waals surface area contributed by atoms with E-state index in [4.69, 9.17) is 5.73 Å². The molecule has 3 rings (SSSR count). The van der Waals surface area contributed by atoms with Crippen LogP contribution in [0.2, 0.25) is 0 Å². The third kappa shape index (κ3) is 5.77. The van der Waals surface area contributed by atoms with Crippen molar-refractivity contribution >= 4 is 17.5 Å². The number of nitrogens with one attached hydrogen (secondary N) is 1. The predicted molar refractivity (Wildman–Crippen MR) is 114 cm³/mol. The van der Waals surface area contributed by atoms with E-state index in [0.29, 0.717) is 5.56 Å². The highest BCUT2D eigenvalue weighted by atomic mass is 16.2. The van der Waals surface area contributed by atoms with Crippen LogP contribution in [0.15, 0.2) is 42.6 Å². The fourth-order valence-electron chi connectivity index (χ4n) is 3.48. The van der Waals surface area contributed by atoms with Crippen LogP contribution in [0.4, 0.5) is 5.69 Å². The summed E-state index contributed by atoms with van der Waals surface area (Å²) in [6, 6.07) is 11.7. The fraction of sp³-hybridized carbons (Fsp3) is 0.409. The summed E-state index contributed by atoms with van der Waals surface area (Å²) in [5.41, 5.74) is 8.33. The Morgan fingerprint density at radius 3 is 2.55 bits per heavy atom. The van der Waals surface area contributed by atoms with E-state index in [1.54, 1.807) is 6.07 Å². The van der Waals surface area contributed by atoms with Crippen LogP contribution in [0.3, 0.4) is 0 Å². The van der Waals surface area contributed by atoms with E-state index in [1.165, 1.54) is 23.5 Å². The lowest BCUT2D eigenvalue weighted by molar-refractivity contribution is 0.0932. The fourth-order valence-corrected chi connectivity index (χ4v) is 3.48. The van der Waals surface area contributed by atoms with Crippen molar-refractivity contribution < 1.29 is 9.59 Å². The first-order valence-electron chi connectivity index (χ1n) is 10.0. The molecule has 29 heavy (non-hydrogen) atoms. The SMILES string of the molecule is Cc1cccc(N2CCN(CCC(C)NC(=O)c3ccc(C(N)=O)nc3)CC2)c1. The lowest BCUT2D eigenvalue weighted by Gasteiger charge is -2.36. The number of piperazine rings is 1. The summed E-state index contributed by atoms with van der Waals surface area (Å²) >= 11 is 0. The zero-order valence-electron chi connectivity index (χ0n) is 17.1. The Bertz CT molecular complexity index is 845. The highest BCUT2D eigenvalue weighted by Crippen LogP contribution is 2.18. The normalized spacial score (nSPS) is 15.7. The van der Waals surface area contributed by atoms with E-state index < -0.39 is 5.91 Å². The number of primary amides is 1. The van der Waals surface area contributed by atoms with Crippen LogP contribution in [0, 0.1) is 6.92 Å². The second-order valence-corrected chi connectivity index (χ2v) is 7.63. The van der Waals surface area contributed by atoms with Gasteiger partial charge in [-0.05, 0) is 50.1 Å². The third-order valence-corrected chi connectivity index (χ3v) is 5.27. The molecule has 0 bridgehead atoms. The lowest BCUT2D eigenvalue weighted by Crippen LogP contribution is -2.47. The Morgan fingerprint density at radius 1 is 1.17 bits per heavy atom. The summed E-state index contributed by atoms with van der Waals surface area (Å²) in [6.07, 6.45) is 2.26. The zero-order valence-corrected chi connectivity index (χ0v) is 17.1. The Hall–Kier alpha value is -2.93. The molecule has 1 aliphatic heterocycles. The number of carbonyl (C=O) groups excluding carboxylic acids is 2. The van der Waals surface area contributed by atoms with Gasteiger partial charge in [-0.15, -0.1) is 0 Å². The molecule has 154 valence electrons. The zero-order chi connectivity index (χ0) is 20.8. The molecule has 0 aliphatic carbocycles. The summed E-state index contributed by atoms with van der Waals surface area (Å²) in [5.74, 6) is -0.793. The van der Waals surface area contributed by atoms with Gasteiger partial charge in [0.15, 0.2) is 0 Å². The van der Waals surface area contributed by atoms with Gasteiger partial charge < -0.3 is 16.0 Å². The van der Waals surface area contributed by atoms with Crippen LogP contribution in [-0.2, 0) is 0 Å². The maximum Gasteiger partial charge on any atom is 0.267 e. The number of carbonyl (C=O) groups is 2. The highest BCUT2D eigenvalue weighted by Gasteiger charge is 2.18. The molecule has 1 fully saturated rings. The maximum atomic E-state index is 12.3. The lowest BCUT2D eigenvalue weighted by atomic mass is 10.1. The van der Waals surface area contributed by atoms with Gasteiger partial charge in [0.25, 0.3) is 11.8 Å². The molecule has 1 unspecified atom stereocenters. The predicted octanol–water partition coefficient (Wildman–Crippen LogP) is 1.82. The molecule has 1 aliphatic rings. The van der Waals surface area contributed by atoms with Crippen molar-refractivity contribution in [3.63, 3.8) is 0 Å². The van der Waals surface area contributed by atoms with Gasteiger partial charge in [0.1, 0.15) is 5.69 Å². The average molecular weight is 396 g/mol. The molecule has 3 N–H and O–H groups in total. The Labute approximate surface area is 171 Å². The van der Waals surface area contributed by atoms with Crippen molar-refractivity contribution in [2.24, 2.45) is 5.73 Å². The molecule has 2 heterocycles. The van der Waals surface area contributed by atoms with E-state index in [-0.39, 0.29) is 17.6 Å². The number of aromatic nitrogens is 1. The second kappa shape index (κ2) is 9.52. The number of nitrogens with two attached hydrogens (primary N) is 1. The van der Waals surface area contributed by atoms with E-state index in [9.17, 15) is 9.59 Å². The number of benzene rings is 1. The molecule has 1 saturated heterocycles. The summed E-state index contributed by atoms with van der Waals surface area (Å²) in [4.78, 5) is 32.2. The molecular formula is C22H29N5O2. The average Bonchev–Trinajstić information content (AvgIpc) is 2.72. The number of rotatable bonds is 7. The van der Waals surface area contributed by atoms with Gasteiger partial charge in [0.05, 0.1) is 5.56 Å². The van der Waals surface area contributed by atoms with Crippen molar-refractivity contribution in [1.29, 1.82) is 0 Å². The number of amides is 2. The van der Waals surface area contributed by atoms with E-state index in [2.05, 4.69) is 51.3 Å². The largest absolute Gasteiger partial charge is 0.369 e. The number of aryl methyl sites for hydroxylation is 1. The number of anilines is 1. The smallest absolute Gasteiger partial charge is 0.267 e. The van der Waals surface area contributed by atoms with Gasteiger partial charge in [-0.25, -0.2) is 0 Å². The van der Waals surface area contributed by atoms with E-state index in [1.807, 2.05) is 6.92 Å². The van der Waals surface area contributed by atoms with Crippen molar-refractivity contribution in [2.75, 3.05) is 37.6 Å². The molecule has 0 saturated carbocycles. The standard InChI is InChI=1S/C22H29N5O2/c1-16-4-3-5-19(14-16)27-12-10-26(11-13-27)9-8-17(2)25-22(29)18-6-7-20(21(23)28)24-15-18/h3-7,14-15,17H,8-13H2,1-2H3,(H2,23,28)(H,25,29). The number of hydrogen-bond donors (Lipinski definition) is 2. The van der Waals surface area contributed by atoms with Crippen LogP contribution in [0.1, 0.15) is 39.8 Å². The van der Waals surface area contributed by atoms with E-state index >= 15 is 0 Å². The van der Waals surface area contributed by atoms with Crippen molar-refractivity contribution in [3.05, 3.63) is 59.4 Å². The first kappa shape index (κ1) is 20.8. The van der Waals surface area contributed by atoms with Crippen molar-refractivity contribution in [3.8, 4) is 0 Å². The highest BCUT2D eigenvalue weighted by molar-refractivity contribution is 5.95. The first-order chi connectivity index (χ1) is 13.9. The van der Waals surface area contributed by atoms with Crippen LogP contribution in [-0.4, -0.2) is 60.5 Å². The Kier molecular flexibility index (Phi) is 6.82. The molecule has 7 nitrogen and oxygen atoms in total. The topological polar surface area (TPSA) is 91.6 Å². The summed E-state index contributed by atoms with van der Waals surface area (Å²) in [7, 11) is 0. The van der Waals surface area contributed by atoms with Crippen LogP contribution in [0.25, 0.3) is 0 Å².